The van der Waals surface area contributed by atoms with Crippen LogP contribution in [0.1, 0.15) is 22.8 Å². The second kappa shape index (κ2) is 6.36. The molecule has 0 aliphatic carbocycles. The number of carbonyl (C=O) groups is 3. The summed E-state index contributed by atoms with van der Waals surface area (Å²) < 4.78 is 5.08. The number of methoxy groups -OCH3 is 1. The van der Waals surface area contributed by atoms with Gasteiger partial charge in [0.2, 0.25) is 5.56 Å². The molecule has 1 saturated heterocycles. The Morgan fingerprint density at radius 2 is 1.81 bits per heavy atom. The maximum atomic E-state index is 12.8. The molecular formula is C17H16N4O5. The summed E-state index contributed by atoms with van der Waals surface area (Å²) in [6, 6.07) is 8.35. The average Bonchev–Trinajstić information content (AvgIpc) is 2.86. The minimum atomic E-state index is -1.33. The maximum absolute atomic E-state index is 12.8. The van der Waals surface area contributed by atoms with Crippen molar-refractivity contribution in [1.82, 2.24) is 20.7 Å². The first-order valence-corrected chi connectivity index (χ1v) is 7.66. The van der Waals surface area contributed by atoms with Crippen LogP contribution < -0.4 is 21.0 Å². The Hall–Kier alpha value is -3.62. The number of amides is 4. The Morgan fingerprint density at radius 1 is 1.12 bits per heavy atom. The van der Waals surface area contributed by atoms with Gasteiger partial charge in [-0.15, -0.1) is 0 Å². The first kappa shape index (κ1) is 17.2. The van der Waals surface area contributed by atoms with Crippen LogP contribution in [0.3, 0.4) is 0 Å². The van der Waals surface area contributed by atoms with Crippen molar-refractivity contribution in [3.05, 3.63) is 64.1 Å². The van der Waals surface area contributed by atoms with Crippen LogP contribution in [0.15, 0.2) is 47.4 Å². The summed E-state index contributed by atoms with van der Waals surface area (Å²) in [5, 5.41) is 3.20. The molecule has 0 radical (unpaired) electrons. The molecule has 0 spiro atoms. The van der Waals surface area contributed by atoms with Gasteiger partial charge >= 0.3 is 6.03 Å². The largest absolute Gasteiger partial charge is 0.497 e. The van der Waals surface area contributed by atoms with Crippen LogP contribution in [-0.4, -0.2) is 34.9 Å². The number of rotatable bonds is 4. The predicted molar refractivity (Wildman–Crippen MR) is 90.3 cm³/mol. The fourth-order valence-electron chi connectivity index (χ4n) is 2.58. The molecule has 1 aliphatic heterocycles. The molecule has 4 amide bonds. The van der Waals surface area contributed by atoms with Crippen molar-refractivity contribution in [1.29, 1.82) is 0 Å². The van der Waals surface area contributed by atoms with E-state index >= 15 is 0 Å². The molecule has 2 aromatic rings. The van der Waals surface area contributed by atoms with Gasteiger partial charge in [-0.1, -0.05) is 12.1 Å². The number of hydrazine groups is 1. The van der Waals surface area contributed by atoms with Crippen molar-refractivity contribution in [2.75, 3.05) is 7.11 Å². The Balaban J connectivity index is 1.82. The quantitative estimate of drug-likeness (QED) is 0.689. The van der Waals surface area contributed by atoms with E-state index in [-0.39, 0.29) is 11.1 Å². The number of aromatic amines is 1. The van der Waals surface area contributed by atoms with Gasteiger partial charge in [-0.2, -0.15) is 5.01 Å². The summed E-state index contributed by atoms with van der Waals surface area (Å²) >= 11 is 0. The lowest BCUT2D eigenvalue weighted by Gasteiger charge is -2.22. The molecule has 9 nitrogen and oxygen atoms in total. The zero-order valence-corrected chi connectivity index (χ0v) is 14.0. The van der Waals surface area contributed by atoms with E-state index in [1.54, 1.807) is 31.2 Å². The molecule has 0 unspecified atom stereocenters. The van der Waals surface area contributed by atoms with Gasteiger partial charge in [0.25, 0.3) is 11.8 Å². The zero-order chi connectivity index (χ0) is 18.9. The van der Waals surface area contributed by atoms with Crippen LogP contribution in [0.4, 0.5) is 4.79 Å². The van der Waals surface area contributed by atoms with E-state index in [4.69, 9.17) is 4.74 Å². The van der Waals surface area contributed by atoms with E-state index in [1.807, 2.05) is 0 Å². The lowest BCUT2D eigenvalue weighted by molar-refractivity contribution is -0.132. The zero-order valence-electron chi connectivity index (χ0n) is 14.0. The van der Waals surface area contributed by atoms with Gasteiger partial charge in [-0.05, 0) is 30.7 Å². The maximum Gasteiger partial charge on any atom is 0.344 e. The third kappa shape index (κ3) is 2.90. The second-order valence-corrected chi connectivity index (χ2v) is 5.81. The normalized spacial score (nSPS) is 19.2. The molecule has 3 rings (SSSR count). The van der Waals surface area contributed by atoms with Crippen molar-refractivity contribution in [3.8, 4) is 5.75 Å². The van der Waals surface area contributed by atoms with Gasteiger partial charge in [-0.3, -0.25) is 19.8 Å². The van der Waals surface area contributed by atoms with Crippen LogP contribution in [-0.2, 0) is 10.3 Å². The molecule has 1 fully saturated rings. The Kier molecular flexibility index (Phi) is 4.21. The highest BCUT2D eigenvalue weighted by Gasteiger charge is 2.50. The highest BCUT2D eigenvalue weighted by molar-refractivity contribution is 6.09. The number of nitrogens with one attached hydrogen (secondary N) is 3. The van der Waals surface area contributed by atoms with Gasteiger partial charge < -0.3 is 15.0 Å². The summed E-state index contributed by atoms with van der Waals surface area (Å²) in [6.07, 6.45) is 1.19. The molecule has 0 saturated carbocycles. The Bertz CT molecular complexity index is 916. The molecule has 134 valence electrons. The molecule has 1 aliphatic rings. The van der Waals surface area contributed by atoms with Crippen LogP contribution in [0.5, 0.6) is 5.75 Å². The minimum Gasteiger partial charge on any atom is -0.497 e. The molecule has 1 atom stereocenters. The number of ether oxygens (including phenoxy) is 1. The molecule has 0 bridgehead atoms. The van der Waals surface area contributed by atoms with Crippen molar-refractivity contribution in [3.63, 3.8) is 0 Å². The summed E-state index contributed by atoms with van der Waals surface area (Å²) in [7, 11) is 1.52. The number of urea groups is 1. The van der Waals surface area contributed by atoms with Crippen LogP contribution >= 0.6 is 0 Å². The third-order valence-electron chi connectivity index (χ3n) is 4.12. The van der Waals surface area contributed by atoms with E-state index in [1.165, 1.54) is 25.4 Å². The number of imide groups is 1. The number of hydrogen-bond donors (Lipinski definition) is 3. The van der Waals surface area contributed by atoms with Gasteiger partial charge in [-0.25, -0.2) is 4.79 Å². The second-order valence-electron chi connectivity index (χ2n) is 5.81. The van der Waals surface area contributed by atoms with E-state index < -0.39 is 23.4 Å². The molecule has 1 aromatic carbocycles. The average molecular weight is 356 g/mol. The van der Waals surface area contributed by atoms with E-state index in [2.05, 4.69) is 15.7 Å². The monoisotopic (exact) mass is 356 g/mol. The number of benzene rings is 1. The number of H-pyrrole nitrogens is 1. The number of aromatic nitrogens is 1. The SMILES string of the molecule is COc1ccc([C@]2(C)NC(=O)N(NC(=O)c3ccc(=O)[nH]c3)C2=O)cc1. The topological polar surface area (TPSA) is 121 Å². The number of carbonyl (C=O) groups excluding carboxylic acids is 3. The van der Waals surface area contributed by atoms with E-state index in [0.717, 1.165) is 0 Å². The Labute approximate surface area is 147 Å². The van der Waals surface area contributed by atoms with Crippen molar-refractivity contribution in [2.45, 2.75) is 12.5 Å². The smallest absolute Gasteiger partial charge is 0.344 e. The molecule has 26 heavy (non-hydrogen) atoms. The molecule has 2 heterocycles. The van der Waals surface area contributed by atoms with Crippen LogP contribution in [0.25, 0.3) is 0 Å². The summed E-state index contributed by atoms with van der Waals surface area (Å²) in [5.74, 6) is -0.730. The highest BCUT2D eigenvalue weighted by Crippen LogP contribution is 2.29. The lowest BCUT2D eigenvalue weighted by Crippen LogP contribution is -2.48. The number of pyridine rings is 1. The number of hydrogen-bond acceptors (Lipinski definition) is 5. The molecule has 1 aromatic heterocycles. The summed E-state index contributed by atoms with van der Waals surface area (Å²) in [4.78, 5) is 50.6. The minimum absolute atomic E-state index is 0.100. The first-order valence-electron chi connectivity index (χ1n) is 7.66. The Morgan fingerprint density at radius 3 is 2.38 bits per heavy atom. The van der Waals surface area contributed by atoms with E-state index in [9.17, 15) is 19.2 Å². The fourth-order valence-corrected chi connectivity index (χ4v) is 2.58. The van der Waals surface area contributed by atoms with Gasteiger partial charge in [0.05, 0.1) is 12.7 Å². The van der Waals surface area contributed by atoms with Gasteiger partial charge in [0, 0.05) is 12.3 Å². The van der Waals surface area contributed by atoms with Crippen LogP contribution in [0.2, 0.25) is 0 Å². The summed E-state index contributed by atoms with van der Waals surface area (Å²) in [6.45, 7) is 1.54. The van der Waals surface area contributed by atoms with Gasteiger partial charge in [0.1, 0.15) is 11.3 Å². The van der Waals surface area contributed by atoms with Gasteiger partial charge in [0.15, 0.2) is 0 Å². The summed E-state index contributed by atoms with van der Waals surface area (Å²) in [5.41, 5.74) is 1.18. The first-order chi connectivity index (χ1) is 12.3. The van der Waals surface area contributed by atoms with Crippen molar-refractivity contribution in [2.24, 2.45) is 0 Å². The lowest BCUT2D eigenvalue weighted by atomic mass is 9.92. The van der Waals surface area contributed by atoms with Crippen LogP contribution in [0, 0.1) is 0 Å². The molecule has 3 N–H and O–H groups in total. The third-order valence-corrected chi connectivity index (χ3v) is 4.12. The molecular weight excluding hydrogens is 340 g/mol. The molecule has 9 heteroatoms. The predicted octanol–water partition coefficient (Wildman–Crippen LogP) is 0.495. The van der Waals surface area contributed by atoms with Crippen molar-refractivity contribution < 1.29 is 19.1 Å². The number of nitrogens with zero attached hydrogens (tertiary/aromatic N) is 1. The standard InChI is InChI=1S/C17H16N4O5/c1-17(11-4-6-12(26-2)7-5-11)15(24)21(16(25)19-17)20-14(23)10-3-8-13(22)18-9-10/h3-9H,1-2H3,(H,18,22)(H,19,25)(H,20,23)/t17-/m0/s1. The van der Waals surface area contributed by atoms with E-state index in [0.29, 0.717) is 16.3 Å². The fraction of sp³-hybridized carbons (Fsp3) is 0.176. The highest BCUT2D eigenvalue weighted by atomic mass is 16.5. The van der Waals surface area contributed by atoms with Crippen molar-refractivity contribution >= 4 is 17.8 Å².